The third kappa shape index (κ3) is 2.65. The molecule has 17 heavy (non-hydrogen) atoms. The molecular formula is C14H25NO2. The van der Waals surface area contributed by atoms with E-state index in [-0.39, 0.29) is 18.1 Å². The number of rotatable bonds is 2. The van der Waals surface area contributed by atoms with E-state index >= 15 is 0 Å². The zero-order valence-electron chi connectivity index (χ0n) is 11.0. The predicted octanol–water partition coefficient (Wildman–Crippen LogP) is 2.33. The summed E-state index contributed by atoms with van der Waals surface area (Å²) in [6.45, 7) is 3.09. The van der Waals surface area contributed by atoms with Crippen molar-refractivity contribution in [2.75, 3.05) is 13.2 Å². The average Bonchev–Trinajstić information content (AvgIpc) is 2.65. The van der Waals surface area contributed by atoms with Crippen LogP contribution in [0.2, 0.25) is 0 Å². The van der Waals surface area contributed by atoms with E-state index < -0.39 is 0 Å². The maximum absolute atomic E-state index is 12.7. The monoisotopic (exact) mass is 239 g/mol. The lowest BCUT2D eigenvalue weighted by molar-refractivity contribution is -0.144. The molecule has 1 heterocycles. The average molecular weight is 239 g/mol. The van der Waals surface area contributed by atoms with Crippen LogP contribution in [-0.2, 0) is 4.79 Å². The minimum absolute atomic E-state index is 0.0717. The normalized spacial score (nSPS) is 29.1. The molecule has 1 N–H and O–H groups in total. The zero-order valence-corrected chi connectivity index (χ0v) is 11.0. The van der Waals surface area contributed by atoms with Gasteiger partial charge in [-0.1, -0.05) is 32.6 Å². The minimum atomic E-state index is -0.141. The van der Waals surface area contributed by atoms with E-state index in [1.807, 2.05) is 4.90 Å². The van der Waals surface area contributed by atoms with Crippen molar-refractivity contribution in [3.8, 4) is 0 Å². The number of carbonyl (C=O) groups excluding carboxylic acids is 1. The summed E-state index contributed by atoms with van der Waals surface area (Å²) in [7, 11) is 0. The van der Waals surface area contributed by atoms with Crippen molar-refractivity contribution in [2.24, 2.45) is 5.41 Å². The Balaban J connectivity index is 2.09. The number of amides is 1. The van der Waals surface area contributed by atoms with Crippen molar-refractivity contribution in [1.29, 1.82) is 0 Å². The van der Waals surface area contributed by atoms with Crippen LogP contribution in [0, 0.1) is 5.41 Å². The molecule has 3 nitrogen and oxygen atoms in total. The summed E-state index contributed by atoms with van der Waals surface area (Å²) in [5.74, 6) is 0.302. The molecule has 0 radical (unpaired) electrons. The summed E-state index contributed by atoms with van der Waals surface area (Å²) in [5, 5.41) is 9.47. The summed E-state index contributed by atoms with van der Waals surface area (Å²) in [4.78, 5) is 14.6. The highest BCUT2D eigenvalue weighted by Crippen LogP contribution is 2.40. The van der Waals surface area contributed by atoms with Crippen LogP contribution >= 0.6 is 0 Å². The second kappa shape index (κ2) is 5.38. The Hall–Kier alpha value is -0.570. The first-order valence-electron chi connectivity index (χ1n) is 7.09. The van der Waals surface area contributed by atoms with Gasteiger partial charge in [0, 0.05) is 12.0 Å². The Labute approximate surface area is 104 Å². The van der Waals surface area contributed by atoms with Crippen molar-refractivity contribution in [1.82, 2.24) is 4.90 Å². The maximum Gasteiger partial charge on any atom is 0.228 e. The number of aliphatic hydroxyl groups is 1. The lowest BCUT2D eigenvalue weighted by Crippen LogP contribution is -2.48. The van der Waals surface area contributed by atoms with Crippen LogP contribution in [-0.4, -0.2) is 35.1 Å². The second-order valence-corrected chi connectivity index (χ2v) is 5.95. The first-order chi connectivity index (χ1) is 8.17. The highest BCUT2D eigenvalue weighted by atomic mass is 16.3. The fourth-order valence-electron chi connectivity index (χ4n) is 3.35. The number of carbonyl (C=O) groups is 1. The van der Waals surface area contributed by atoms with Crippen molar-refractivity contribution in [2.45, 2.75) is 64.3 Å². The van der Waals surface area contributed by atoms with Gasteiger partial charge in [-0.2, -0.15) is 0 Å². The molecule has 98 valence electrons. The molecule has 2 aliphatic rings. The molecule has 1 unspecified atom stereocenters. The van der Waals surface area contributed by atoms with E-state index in [2.05, 4.69) is 6.92 Å². The van der Waals surface area contributed by atoms with E-state index in [0.29, 0.717) is 5.91 Å². The third-order valence-corrected chi connectivity index (χ3v) is 4.57. The quantitative estimate of drug-likeness (QED) is 0.803. The predicted molar refractivity (Wildman–Crippen MR) is 67.6 cm³/mol. The molecule has 0 aromatic rings. The Kier molecular flexibility index (Phi) is 4.08. The minimum Gasteiger partial charge on any atom is -0.394 e. The zero-order chi connectivity index (χ0) is 12.3. The van der Waals surface area contributed by atoms with Gasteiger partial charge < -0.3 is 10.0 Å². The Bertz CT molecular complexity index is 271. The molecule has 2 fully saturated rings. The summed E-state index contributed by atoms with van der Waals surface area (Å²) in [5.41, 5.74) is -0.141. The van der Waals surface area contributed by atoms with Gasteiger partial charge >= 0.3 is 0 Å². The first-order valence-corrected chi connectivity index (χ1v) is 7.09. The number of hydrogen-bond acceptors (Lipinski definition) is 2. The Morgan fingerprint density at radius 3 is 2.59 bits per heavy atom. The largest absolute Gasteiger partial charge is 0.394 e. The number of hydrogen-bond donors (Lipinski definition) is 1. The van der Waals surface area contributed by atoms with E-state index in [1.54, 1.807) is 0 Å². The van der Waals surface area contributed by atoms with E-state index in [0.717, 1.165) is 38.6 Å². The Morgan fingerprint density at radius 2 is 1.94 bits per heavy atom. The van der Waals surface area contributed by atoms with Gasteiger partial charge in [-0.3, -0.25) is 4.79 Å². The molecule has 0 bridgehead atoms. The van der Waals surface area contributed by atoms with Crippen LogP contribution in [0.1, 0.15) is 58.3 Å². The van der Waals surface area contributed by atoms with Gasteiger partial charge in [0.25, 0.3) is 0 Å². The lowest BCUT2D eigenvalue weighted by atomic mass is 9.86. The highest BCUT2D eigenvalue weighted by Gasteiger charge is 2.41. The van der Waals surface area contributed by atoms with Gasteiger partial charge in [-0.15, -0.1) is 0 Å². The summed E-state index contributed by atoms with van der Waals surface area (Å²) in [6, 6.07) is 0.0717. The van der Waals surface area contributed by atoms with Gasteiger partial charge in [0.15, 0.2) is 0 Å². The van der Waals surface area contributed by atoms with Gasteiger partial charge in [-0.05, 0) is 25.7 Å². The molecule has 1 aliphatic carbocycles. The standard InChI is InChI=1S/C14H25NO2/c1-14(8-4-5-9-14)13(17)15-10-6-2-3-7-12(15)11-16/h12,16H,2-11H2,1H3. The van der Waals surface area contributed by atoms with Crippen molar-refractivity contribution >= 4 is 5.91 Å². The first kappa shape index (κ1) is 12.9. The number of likely N-dealkylation sites (tertiary alicyclic amines) is 1. The fourth-order valence-corrected chi connectivity index (χ4v) is 3.35. The lowest BCUT2D eigenvalue weighted by Gasteiger charge is -2.35. The second-order valence-electron chi connectivity index (χ2n) is 5.95. The SMILES string of the molecule is CC1(C(=O)N2CCCCCC2CO)CCCC1. The molecule has 3 heteroatoms. The van der Waals surface area contributed by atoms with Crippen molar-refractivity contribution in [3.63, 3.8) is 0 Å². The molecule has 2 rings (SSSR count). The summed E-state index contributed by atoms with van der Waals surface area (Å²) < 4.78 is 0. The molecule has 0 aromatic carbocycles. The molecule has 1 saturated carbocycles. The highest BCUT2D eigenvalue weighted by molar-refractivity contribution is 5.83. The van der Waals surface area contributed by atoms with Crippen LogP contribution in [0.4, 0.5) is 0 Å². The fraction of sp³-hybridized carbons (Fsp3) is 0.929. The molecule has 1 amide bonds. The molecular weight excluding hydrogens is 214 g/mol. The van der Waals surface area contributed by atoms with Crippen molar-refractivity contribution < 1.29 is 9.90 Å². The van der Waals surface area contributed by atoms with Crippen LogP contribution in [0.25, 0.3) is 0 Å². The topological polar surface area (TPSA) is 40.5 Å². The maximum atomic E-state index is 12.7. The smallest absolute Gasteiger partial charge is 0.228 e. The molecule has 0 spiro atoms. The summed E-state index contributed by atoms with van der Waals surface area (Å²) >= 11 is 0. The van der Waals surface area contributed by atoms with Gasteiger partial charge in [-0.25, -0.2) is 0 Å². The van der Waals surface area contributed by atoms with Gasteiger partial charge in [0.2, 0.25) is 5.91 Å². The Morgan fingerprint density at radius 1 is 1.24 bits per heavy atom. The van der Waals surface area contributed by atoms with Gasteiger partial charge in [0.1, 0.15) is 0 Å². The van der Waals surface area contributed by atoms with Crippen molar-refractivity contribution in [3.05, 3.63) is 0 Å². The molecule has 1 saturated heterocycles. The summed E-state index contributed by atoms with van der Waals surface area (Å²) in [6.07, 6.45) is 8.82. The van der Waals surface area contributed by atoms with Crippen LogP contribution < -0.4 is 0 Å². The van der Waals surface area contributed by atoms with Gasteiger partial charge in [0.05, 0.1) is 12.6 Å². The van der Waals surface area contributed by atoms with Crippen LogP contribution in [0.15, 0.2) is 0 Å². The van der Waals surface area contributed by atoms with E-state index in [1.165, 1.54) is 19.3 Å². The molecule has 0 aromatic heterocycles. The molecule has 1 aliphatic heterocycles. The third-order valence-electron chi connectivity index (χ3n) is 4.57. The van der Waals surface area contributed by atoms with Crippen LogP contribution in [0.5, 0.6) is 0 Å². The van der Waals surface area contributed by atoms with E-state index in [4.69, 9.17) is 0 Å². The van der Waals surface area contributed by atoms with Crippen LogP contribution in [0.3, 0.4) is 0 Å². The van der Waals surface area contributed by atoms with E-state index in [9.17, 15) is 9.90 Å². The molecule has 1 atom stereocenters. The number of nitrogens with zero attached hydrogens (tertiary/aromatic N) is 1. The number of aliphatic hydroxyl groups excluding tert-OH is 1.